The number of hydrogen-bond acceptors (Lipinski definition) is 3. The molecule has 1 atom stereocenters. The van der Waals surface area contributed by atoms with Crippen LogP contribution >= 0.6 is 22.9 Å². The van der Waals surface area contributed by atoms with Gasteiger partial charge in [0.15, 0.2) is 0 Å². The molecule has 1 N–H and O–H groups in total. The second-order valence-electron chi connectivity index (χ2n) is 4.57. The Kier molecular flexibility index (Phi) is 2.99. The average Bonchev–Trinajstić information content (AvgIpc) is 2.68. The van der Waals surface area contributed by atoms with Crippen molar-refractivity contribution in [3.8, 4) is 0 Å². The van der Waals surface area contributed by atoms with Crippen LogP contribution in [0.2, 0.25) is 4.34 Å². The zero-order chi connectivity index (χ0) is 11.8. The summed E-state index contributed by atoms with van der Waals surface area (Å²) in [5, 5.41) is 4.71. The molecular weight excluding hydrogens is 252 g/mol. The number of benzene rings is 1. The molecule has 0 amide bonds. The highest BCUT2D eigenvalue weighted by molar-refractivity contribution is 7.22. The van der Waals surface area contributed by atoms with Crippen molar-refractivity contribution >= 4 is 38.7 Å². The van der Waals surface area contributed by atoms with E-state index in [-0.39, 0.29) is 0 Å². The van der Waals surface area contributed by atoms with Crippen LogP contribution in [0.1, 0.15) is 6.92 Å². The van der Waals surface area contributed by atoms with E-state index in [4.69, 9.17) is 11.6 Å². The van der Waals surface area contributed by atoms with Crippen molar-refractivity contribution in [3.05, 3.63) is 28.6 Å². The highest BCUT2D eigenvalue weighted by Gasteiger charge is 2.16. The lowest BCUT2D eigenvalue weighted by Crippen LogP contribution is -2.49. The van der Waals surface area contributed by atoms with Crippen LogP contribution in [0.3, 0.4) is 0 Å². The number of hydrogen-bond donors (Lipinski definition) is 1. The van der Waals surface area contributed by atoms with Crippen molar-refractivity contribution in [2.45, 2.75) is 13.0 Å². The Morgan fingerprint density at radius 3 is 3.12 bits per heavy atom. The fraction of sp³-hybridized carbons (Fsp3) is 0.385. The summed E-state index contributed by atoms with van der Waals surface area (Å²) in [5.41, 5.74) is 1.31. The molecule has 1 aliphatic heterocycles. The van der Waals surface area contributed by atoms with Crippen LogP contribution in [-0.2, 0) is 0 Å². The average molecular weight is 267 g/mol. The van der Waals surface area contributed by atoms with Gasteiger partial charge in [0.1, 0.15) is 0 Å². The molecule has 90 valence electrons. The molecule has 2 aromatic rings. The van der Waals surface area contributed by atoms with Gasteiger partial charge in [0, 0.05) is 36.1 Å². The van der Waals surface area contributed by atoms with Gasteiger partial charge in [-0.2, -0.15) is 0 Å². The molecule has 1 aliphatic rings. The Morgan fingerprint density at radius 2 is 2.29 bits per heavy atom. The molecule has 0 aliphatic carbocycles. The highest BCUT2D eigenvalue weighted by Crippen LogP contribution is 2.32. The summed E-state index contributed by atoms with van der Waals surface area (Å²) < 4.78 is 2.14. The van der Waals surface area contributed by atoms with E-state index in [0.29, 0.717) is 6.04 Å². The minimum absolute atomic E-state index is 0.561. The van der Waals surface area contributed by atoms with E-state index in [1.54, 1.807) is 11.3 Å². The Bertz CT molecular complexity index is 537. The van der Waals surface area contributed by atoms with Crippen molar-refractivity contribution in [3.63, 3.8) is 0 Å². The molecule has 1 fully saturated rings. The van der Waals surface area contributed by atoms with Crippen molar-refractivity contribution in [2.75, 3.05) is 24.5 Å². The van der Waals surface area contributed by atoms with Gasteiger partial charge in [-0.15, -0.1) is 11.3 Å². The zero-order valence-corrected chi connectivity index (χ0v) is 11.3. The number of piperazine rings is 1. The van der Waals surface area contributed by atoms with Crippen LogP contribution in [0.5, 0.6) is 0 Å². The van der Waals surface area contributed by atoms with E-state index in [9.17, 15) is 0 Å². The van der Waals surface area contributed by atoms with Gasteiger partial charge in [0.25, 0.3) is 0 Å². The number of thiophene rings is 1. The third-order valence-electron chi connectivity index (χ3n) is 3.21. The minimum atomic E-state index is 0.561. The lowest BCUT2D eigenvalue weighted by molar-refractivity contribution is 0.485. The summed E-state index contributed by atoms with van der Waals surface area (Å²) in [6.07, 6.45) is 0. The third kappa shape index (κ3) is 2.28. The predicted octanol–water partition coefficient (Wildman–Crippen LogP) is 3.35. The maximum atomic E-state index is 6.04. The topological polar surface area (TPSA) is 15.3 Å². The van der Waals surface area contributed by atoms with E-state index in [2.05, 4.69) is 35.3 Å². The fourth-order valence-electron chi connectivity index (χ4n) is 2.35. The minimum Gasteiger partial charge on any atom is -0.369 e. The van der Waals surface area contributed by atoms with E-state index in [1.165, 1.54) is 15.8 Å². The molecule has 3 rings (SSSR count). The fourth-order valence-corrected chi connectivity index (χ4v) is 3.54. The van der Waals surface area contributed by atoms with Crippen LogP contribution in [0.4, 0.5) is 5.69 Å². The van der Waals surface area contributed by atoms with Gasteiger partial charge < -0.3 is 10.2 Å². The van der Waals surface area contributed by atoms with Crippen molar-refractivity contribution in [1.82, 2.24) is 5.32 Å². The molecule has 0 bridgehead atoms. The van der Waals surface area contributed by atoms with E-state index < -0.39 is 0 Å². The first-order valence-electron chi connectivity index (χ1n) is 5.90. The van der Waals surface area contributed by atoms with Gasteiger partial charge in [-0.3, -0.25) is 0 Å². The summed E-state index contributed by atoms with van der Waals surface area (Å²) in [7, 11) is 0. The quantitative estimate of drug-likeness (QED) is 0.852. The lowest BCUT2D eigenvalue weighted by Gasteiger charge is -2.33. The number of nitrogens with one attached hydrogen (secondary N) is 1. The summed E-state index contributed by atoms with van der Waals surface area (Å²) in [6.45, 7) is 5.44. The van der Waals surface area contributed by atoms with Crippen molar-refractivity contribution in [1.29, 1.82) is 0 Å². The monoisotopic (exact) mass is 266 g/mol. The highest BCUT2D eigenvalue weighted by atomic mass is 35.5. The predicted molar refractivity (Wildman–Crippen MR) is 76.5 cm³/mol. The molecule has 0 spiro atoms. The Balaban J connectivity index is 1.94. The number of halogens is 1. The molecular formula is C13H15ClN2S. The van der Waals surface area contributed by atoms with Gasteiger partial charge >= 0.3 is 0 Å². The lowest BCUT2D eigenvalue weighted by atomic mass is 10.2. The molecule has 17 heavy (non-hydrogen) atoms. The molecule has 0 saturated carbocycles. The molecule has 4 heteroatoms. The van der Waals surface area contributed by atoms with Crippen LogP contribution in [0.25, 0.3) is 10.1 Å². The van der Waals surface area contributed by atoms with Gasteiger partial charge in [0.05, 0.1) is 4.34 Å². The first-order chi connectivity index (χ1) is 8.22. The van der Waals surface area contributed by atoms with Gasteiger partial charge in [-0.25, -0.2) is 0 Å². The summed E-state index contributed by atoms with van der Waals surface area (Å²) >= 11 is 7.69. The largest absolute Gasteiger partial charge is 0.369 e. The maximum absolute atomic E-state index is 6.04. The molecule has 2 nitrogen and oxygen atoms in total. The molecule has 1 aromatic carbocycles. The number of nitrogens with zero attached hydrogens (tertiary/aromatic N) is 1. The molecule has 1 saturated heterocycles. The number of anilines is 1. The first kappa shape index (κ1) is 11.3. The Morgan fingerprint density at radius 1 is 1.41 bits per heavy atom. The third-order valence-corrected chi connectivity index (χ3v) is 4.43. The smallest absolute Gasteiger partial charge is 0.0940 e. The second kappa shape index (κ2) is 4.48. The Labute approximate surface area is 110 Å². The zero-order valence-electron chi connectivity index (χ0n) is 9.74. The van der Waals surface area contributed by atoms with Crippen LogP contribution in [0, 0.1) is 0 Å². The molecule has 0 unspecified atom stereocenters. The summed E-state index contributed by atoms with van der Waals surface area (Å²) in [4.78, 5) is 2.44. The van der Waals surface area contributed by atoms with Gasteiger partial charge in [-0.05, 0) is 30.5 Å². The second-order valence-corrected chi connectivity index (χ2v) is 6.29. The molecule has 0 radical (unpaired) electrons. The van der Waals surface area contributed by atoms with E-state index in [0.717, 1.165) is 24.0 Å². The summed E-state index contributed by atoms with van der Waals surface area (Å²) in [5.74, 6) is 0. The van der Waals surface area contributed by atoms with Crippen LogP contribution in [-0.4, -0.2) is 25.7 Å². The molecule has 2 heterocycles. The maximum Gasteiger partial charge on any atom is 0.0940 e. The first-order valence-corrected chi connectivity index (χ1v) is 7.09. The molecule has 1 aromatic heterocycles. The van der Waals surface area contributed by atoms with Gasteiger partial charge in [0.2, 0.25) is 0 Å². The Hall–Kier alpha value is -0.770. The van der Waals surface area contributed by atoms with E-state index >= 15 is 0 Å². The van der Waals surface area contributed by atoms with Crippen molar-refractivity contribution < 1.29 is 0 Å². The number of fused-ring (bicyclic) bond motifs is 1. The van der Waals surface area contributed by atoms with E-state index in [1.807, 2.05) is 6.07 Å². The normalized spacial score (nSPS) is 21.1. The number of rotatable bonds is 1. The van der Waals surface area contributed by atoms with Crippen LogP contribution in [0.15, 0.2) is 24.3 Å². The summed E-state index contributed by atoms with van der Waals surface area (Å²) in [6, 6.07) is 9.21. The SMILES string of the molecule is C[C@@H]1CN(c2ccc3cc(Cl)sc3c2)CCN1. The van der Waals surface area contributed by atoms with Gasteiger partial charge in [-0.1, -0.05) is 17.7 Å². The van der Waals surface area contributed by atoms with Crippen LogP contribution < -0.4 is 10.2 Å². The standard InChI is InChI=1S/C13H15ClN2S/c1-9-8-16(5-4-15-9)11-3-2-10-6-13(14)17-12(10)7-11/h2-3,6-7,9,15H,4-5,8H2,1H3/t9-/m1/s1. The van der Waals surface area contributed by atoms with Crippen molar-refractivity contribution in [2.24, 2.45) is 0 Å².